The van der Waals surface area contributed by atoms with Crippen molar-refractivity contribution in [2.75, 3.05) is 0 Å². The number of aliphatic carboxylic acids is 1. The summed E-state index contributed by atoms with van der Waals surface area (Å²) in [4.78, 5) is 11.1. The van der Waals surface area contributed by atoms with Crippen LogP contribution in [0.1, 0.15) is 37.3 Å². The first-order valence-electron chi connectivity index (χ1n) is 6.81. The summed E-state index contributed by atoms with van der Waals surface area (Å²) in [6.07, 6.45) is 4.27. The van der Waals surface area contributed by atoms with Gasteiger partial charge in [0.1, 0.15) is 6.04 Å². The summed E-state index contributed by atoms with van der Waals surface area (Å²) in [5, 5.41) is 8.95. The Hall–Kier alpha value is -1.40. The lowest BCUT2D eigenvalue weighted by molar-refractivity contribution is -0.139. The summed E-state index contributed by atoms with van der Waals surface area (Å²) in [7, 11) is -3.78. The Morgan fingerprint density at radius 2 is 1.95 bits per heavy atom. The maximum Gasteiger partial charge on any atom is 0.321 e. The van der Waals surface area contributed by atoms with Crippen LogP contribution in [0.25, 0.3) is 0 Å². The third-order valence-electron chi connectivity index (χ3n) is 3.63. The molecule has 6 heteroatoms. The van der Waals surface area contributed by atoms with Crippen molar-refractivity contribution in [3.63, 3.8) is 0 Å². The Labute approximate surface area is 119 Å². The Bertz CT molecular complexity index is 610. The highest BCUT2D eigenvalue weighted by Gasteiger charge is 2.24. The van der Waals surface area contributed by atoms with Crippen LogP contribution in [-0.4, -0.2) is 25.5 Å². The fraction of sp³-hybridized carbons (Fsp3) is 0.500. The Kier molecular flexibility index (Phi) is 4.45. The number of carbonyl (C=O) groups is 1. The lowest BCUT2D eigenvalue weighted by Crippen LogP contribution is -2.40. The third-order valence-corrected chi connectivity index (χ3v) is 5.10. The first-order chi connectivity index (χ1) is 9.44. The first-order valence-corrected chi connectivity index (χ1v) is 8.29. The zero-order chi connectivity index (χ0) is 14.8. The van der Waals surface area contributed by atoms with Crippen LogP contribution >= 0.6 is 0 Å². The van der Waals surface area contributed by atoms with Gasteiger partial charge in [-0.05, 0) is 55.4 Å². The van der Waals surface area contributed by atoms with Gasteiger partial charge in [0.15, 0.2) is 0 Å². The highest BCUT2D eigenvalue weighted by Crippen LogP contribution is 2.24. The van der Waals surface area contributed by atoms with Crippen molar-refractivity contribution in [1.82, 2.24) is 4.72 Å². The van der Waals surface area contributed by atoms with E-state index < -0.39 is 22.0 Å². The highest BCUT2D eigenvalue weighted by molar-refractivity contribution is 7.89. The second kappa shape index (κ2) is 5.93. The van der Waals surface area contributed by atoms with E-state index in [1.807, 2.05) is 6.07 Å². The number of fused-ring (bicyclic) bond motifs is 1. The van der Waals surface area contributed by atoms with Gasteiger partial charge >= 0.3 is 5.97 Å². The van der Waals surface area contributed by atoms with E-state index >= 15 is 0 Å². The average molecular weight is 297 g/mol. The molecule has 0 saturated carbocycles. The summed E-state index contributed by atoms with van der Waals surface area (Å²) in [5.41, 5.74) is 2.25. The number of carboxylic acid groups (broad SMARTS) is 1. The molecule has 5 nitrogen and oxygen atoms in total. The van der Waals surface area contributed by atoms with Gasteiger partial charge in [-0.3, -0.25) is 4.79 Å². The average Bonchev–Trinajstić information content (AvgIpc) is 2.44. The number of aryl methyl sites for hydroxylation is 2. The minimum Gasteiger partial charge on any atom is -0.480 e. The van der Waals surface area contributed by atoms with Gasteiger partial charge in [-0.2, -0.15) is 4.72 Å². The van der Waals surface area contributed by atoms with Crippen LogP contribution in [0.5, 0.6) is 0 Å². The van der Waals surface area contributed by atoms with E-state index in [4.69, 9.17) is 5.11 Å². The van der Waals surface area contributed by atoms with Crippen LogP contribution < -0.4 is 4.72 Å². The molecule has 0 spiro atoms. The standard InChI is InChI=1S/C14H19NO4S/c1-2-13(14(16)17)15-20(18,19)12-8-7-10-5-3-4-6-11(10)9-12/h7-9,13,15H,2-6H2,1H3,(H,16,17)/t13-/m1/s1. The molecule has 1 aliphatic rings. The molecule has 0 fully saturated rings. The number of sulfonamides is 1. The topological polar surface area (TPSA) is 83.5 Å². The highest BCUT2D eigenvalue weighted by atomic mass is 32.2. The molecule has 20 heavy (non-hydrogen) atoms. The SMILES string of the molecule is CC[C@@H](NS(=O)(=O)c1ccc2c(c1)CCCC2)C(=O)O. The summed E-state index contributed by atoms with van der Waals surface area (Å²) < 4.78 is 26.7. The molecule has 0 heterocycles. The number of nitrogens with one attached hydrogen (secondary N) is 1. The van der Waals surface area contributed by atoms with Crippen LogP contribution in [0.15, 0.2) is 23.1 Å². The van der Waals surface area contributed by atoms with E-state index in [0.717, 1.165) is 31.2 Å². The van der Waals surface area contributed by atoms with Gasteiger partial charge in [0, 0.05) is 0 Å². The molecule has 1 aliphatic carbocycles. The number of benzene rings is 1. The molecule has 0 saturated heterocycles. The summed E-state index contributed by atoms with van der Waals surface area (Å²) in [6.45, 7) is 1.63. The van der Waals surface area contributed by atoms with Crippen molar-refractivity contribution in [1.29, 1.82) is 0 Å². The molecule has 110 valence electrons. The van der Waals surface area contributed by atoms with Crippen LogP contribution in [-0.2, 0) is 27.7 Å². The van der Waals surface area contributed by atoms with E-state index in [1.165, 1.54) is 5.56 Å². The number of rotatable bonds is 5. The molecule has 0 radical (unpaired) electrons. The van der Waals surface area contributed by atoms with E-state index in [-0.39, 0.29) is 11.3 Å². The van der Waals surface area contributed by atoms with E-state index in [0.29, 0.717) is 0 Å². The minimum atomic E-state index is -3.78. The molecule has 2 rings (SSSR count). The van der Waals surface area contributed by atoms with Crippen LogP contribution in [0.3, 0.4) is 0 Å². The van der Waals surface area contributed by atoms with Crippen molar-refractivity contribution in [3.8, 4) is 0 Å². The number of carboxylic acids is 1. The van der Waals surface area contributed by atoms with Crippen molar-refractivity contribution in [2.45, 2.75) is 50.0 Å². The Morgan fingerprint density at radius 1 is 1.30 bits per heavy atom. The van der Waals surface area contributed by atoms with Crippen molar-refractivity contribution in [2.24, 2.45) is 0 Å². The summed E-state index contributed by atoms with van der Waals surface area (Å²) in [6, 6.07) is 3.98. The van der Waals surface area contributed by atoms with E-state index in [1.54, 1.807) is 19.1 Å². The van der Waals surface area contributed by atoms with Gasteiger partial charge < -0.3 is 5.11 Å². The minimum absolute atomic E-state index is 0.151. The fourth-order valence-corrected chi connectivity index (χ4v) is 3.76. The van der Waals surface area contributed by atoms with Crippen molar-refractivity contribution >= 4 is 16.0 Å². The van der Waals surface area contributed by atoms with Gasteiger partial charge in [0.25, 0.3) is 0 Å². The quantitative estimate of drug-likeness (QED) is 0.866. The first kappa shape index (κ1) is 15.0. The Balaban J connectivity index is 2.27. The smallest absolute Gasteiger partial charge is 0.321 e. The number of hydrogen-bond donors (Lipinski definition) is 2. The largest absolute Gasteiger partial charge is 0.480 e. The zero-order valence-electron chi connectivity index (χ0n) is 11.4. The molecule has 0 aromatic heterocycles. The maximum atomic E-state index is 12.2. The van der Waals surface area contributed by atoms with Crippen molar-refractivity contribution in [3.05, 3.63) is 29.3 Å². The molecule has 0 aliphatic heterocycles. The van der Waals surface area contributed by atoms with Crippen LogP contribution in [0.2, 0.25) is 0 Å². The fourth-order valence-electron chi connectivity index (χ4n) is 2.44. The monoisotopic (exact) mass is 297 g/mol. The molecule has 1 atom stereocenters. The molecule has 2 N–H and O–H groups in total. The molecule has 0 bridgehead atoms. The third kappa shape index (κ3) is 3.19. The predicted octanol–water partition coefficient (Wildman–Crippen LogP) is 1.71. The zero-order valence-corrected chi connectivity index (χ0v) is 12.2. The van der Waals surface area contributed by atoms with Crippen LogP contribution in [0, 0.1) is 0 Å². The Morgan fingerprint density at radius 3 is 2.55 bits per heavy atom. The maximum absolute atomic E-state index is 12.2. The normalized spacial score (nSPS) is 16.4. The lowest BCUT2D eigenvalue weighted by atomic mass is 9.92. The second-order valence-electron chi connectivity index (χ2n) is 5.06. The lowest BCUT2D eigenvalue weighted by Gasteiger charge is -2.18. The second-order valence-corrected chi connectivity index (χ2v) is 6.77. The predicted molar refractivity (Wildman–Crippen MR) is 75.1 cm³/mol. The summed E-state index contributed by atoms with van der Waals surface area (Å²) in [5.74, 6) is -1.16. The summed E-state index contributed by atoms with van der Waals surface area (Å²) >= 11 is 0. The van der Waals surface area contributed by atoms with Gasteiger partial charge in [-0.15, -0.1) is 0 Å². The van der Waals surface area contributed by atoms with Gasteiger partial charge in [-0.25, -0.2) is 8.42 Å². The van der Waals surface area contributed by atoms with Gasteiger partial charge in [-0.1, -0.05) is 13.0 Å². The van der Waals surface area contributed by atoms with Gasteiger partial charge in [0.2, 0.25) is 10.0 Å². The van der Waals surface area contributed by atoms with Crippen molar-refractivity contribution < 1.29 is 18.3 Å². The van der Waals surface area contributed by atoms with E-state index in [9.17, 15) is 13.2 Å². The van der Waals surface area contributed by atoms with E-state index in [2.05, 4.69) is 4.72 Å². The number of hydrogen-bond acceptors (Lipinski definition) is 3. The molecule has 0 unspecified atom stereocenters. The molecular weight excluding hydrogens is 278 g/mol. The van der Waals surface area contributed by atoms with Gasteiger partial charge in [0.05, 0.1) is 4.90 Å². The molecular formula is C14H19NO4S. The molecule has 1 aromatic rings. The van der Waals surface area contributed by atoms with Crippen LogP contribution in [0.4, 0.5) is 0 Å². The molecule has 0 amide bonds. The molecule has 1 aromatic carbocycles.